The van der Waals surface area contributed by atoms with Crippen LogP contribution in [0.15, 0.2) is 18.2 Å². The third-order valence-corrected chi connectivity index (χ3v) is 3.72. The lowest BCUT2D eigenvalue weighted by Gasteiger charge is -2.23. The number of nitrogens with two attached hydrogens (primary N) is 1. The molecule has 2 atom stereocenters. The van der Waals surface area contributed by atoms with E-state index in [1.165, 1.54) is 19.1 Å². The first-order valence-electron chi connectivity index (χ1n) is 6.59. The minimum atomic E-state index is -0.553. The molecule has 0 aromatic heterocycles. The second-order valence-electron chi connectivity index (χ2n) is 4.96. The Balaban J connectivity index is 2.29. The molecule has 6 nitrogen and oxygen atoms in total. The number of carbonyl (C=O) groups excluding carboxylic acids is 2. The number of ether oxygens (including phenoxy) is 1. The van der Waals surface area contributed by atoms with Crippen molar-refractivity contribution < 1.29 is 14.3 Å². The van der Waals surface area contributed by atoms with E-state index in [4.69, 9.17) is 22.1 Å². The summed E-state index contributed by atoms with van der Waals surface area (Å²) in [5, 5.41) is 2.96. The summed E-state index contributed by atoms with van der Waals surface area (Å²) in [6.45, 7) is 0.339. The van der Waals surface area contributed by atoms with Crippen molar-refractivity contribution in [3.63, 3.8) is 0 Å². The van der Waals surface area contributed by atoms with Crippen molar-refractivity contribution in [2.45, 2.75) is 18.5 Å². The van der Waals surface area contributed by atoms with Crippen molar-refractivity contribution in [1.82, 2.24) is 10.2 Å². The monoisotopic (exact) mass is 311 g/mol. The van der Waals surface area contributed by atoms with Crippen molar-refractivity contribution in [2.75, 3.05) is 20.7 Å². The molecule has 1 heterocycles. The van der Waals surface area contributed by atoms with Gasteiger partial charge in [0.25, 0.3) is 5.91 Å². The second kappa shape index (κ2) is 6.32. The summed E-state index contributed by atoms with van der Waals surface area (Å²) in [4.78, 5) is 26.0. The molecule has 1 aromatic carbocycles. The molecule has 1 aliphatic rings. The van der Waals surface area contributed by atoms with Gasteiger partial charge in [-0.1, -0.05) is 11.6 Å². The molecule has 0 unspecified atom stereocenters. The SMILES string of the molecule is CNC(=O)[C@@H]1C[C@H](N)CN1C(=O)c1cc(Cl)cc(OC)c1. The molecule has 0 aliphatic carbocycles. The number of hydrogen-bond acceptors (Lipinski definition) is 4. The number of amides is 2. The Morgan fingerprint density at radius 3 is 2.76 bits per heavy atom. The molecular weight excluding hydrogens is 294 g/mol. The van der Waals surface area contributed by atoms with E-state index in [1.807, 2.05) is 0 Å². The van der Waals surface area contributed by atoms with E-state index >= 15 is 0 Å². The van der Waals surface area contributed by atoms with Gasteiger partial charge in [0.05, 0.1) is 7.11 Å². The van der Waals surface area contributed by atoms with Gasteiger partial charge in [0, 0.05) is 30.2 Å². The number of nitrogens with one attached hydrogen (secondary N) is 1. The topological polar surface area (TPSA) is 84.7 Å². The predicted octanol–water partition coefficient (Wildman–Crippen LogP) is 0.636. The van der Waals surface area contributed by atoms with Crippen LogP contribution in [0.25, 0.3) is 0 Å². The van der Waals surface area contributed by atoms with Crippen LogP contribution in [0.4, 0.5) is 0 Å². The van der Waals surface area contributed by atoms with E-state index in [1.54, 1.807) is 18.2 Å². The molecule has 1 saturated heterocycles. The summed E-state index contributed by atoms with van der Waals surface area (Å²) >= 11 is 5.98. The third-order valence-electron chi connectivity index (χ3n) is 3.50. The highest BCUT2D eigenvalue weighted by atomic mass is 35.5. The molecule has 21 heavy (non-hydrogen) atoms. The number of hydrogen-bond donors (Lipinski definition) is 2. The summed E-state index contributed by atoms with van der Waals surface area (Å²) in [6.07, 6.45) is 0.448. The first-order valence-corrected chi connectivity index (χ1v) is 6.96. The Hall–Kier alpha value is -1.79. The van der Waals surface area contributed by atoms with Gasteiger partial charge in [0.1, 0.15) is 11.8 Å². The van der Waals surface area contributed by atoms with Crippen molar-refractivity contribution in [3.8, 4) is 5.75 Å². The molecule has 0 spiro atoms. The quantitative estimate of drug-likeness (QED) is 0.858. The number of likely N-dealkylation sites (N-methyl/N-ethyl adjacent to an activating group) is 1. The van der Waals surface area contributed by atoms with Crippen molar-refractivity contribution in [3.05, 3.63) is 28.8 Å². The standard InChI is InChI=1S/C14H18ClN3O3/c1-17-13(19)12-6-10(16)7-18(12)14(20)8-3-9(15)5-11(4-8)21-2/h3-5,10,12H,6-7,16H2,1-2H3,(H,17,19)/t10-,12-/m0/s1. The third kappa shape index (κ3) is 3.28. The van der Waals surface area contributed by atoms with E-state index in [2.05, 4.69) is 5.32 Å². The summed E-state index contributed by atoms with van der Waals surface area (Å²) in [6, 6.07) is 4.00. The van der Waals surface area contributed by atoms with Crippen molar-refractivity contribution >= 4 is 23.4 Å². The van der Waals surface area contributed by atoms with Gasteiger partial charge in [-0.05, 0) is 24.6 Å². The van der Waals surface area contributed by atoms with E-state index in [0.29, 0.717) is 29.3 Å². The van der Waals surface area contributed by atoms with E-state index in [-0.39, 0.29) is 17.9 Å². The van der Waals surface area contributed by atoms with E-state index in [9.17, 15) is 9.59 Å². The first kappa shape index (κ1) is 15.6. The molecule has 1 fully saturated rings. The average Bonchev–Trinajstić information content (AvgIpc) is 2.86. The van der Waals surface area contributed by atoms with Gasteiger partial charge in [0.2, 0.25) is 5.91 Å². The average molecular weight is 312 g/mol. The molecule has 0 bridgehead atoms. The number of likely N-dealkylation sites (tertiary alicyclic amines) is 1. The van der Waals surface area contributed by atoms with Crippen LogP contribution in [0.5, 0.6) is 5.75 Å². The fourth-order valence-electron chi connectivity index (χ4n) is 2.48. The van der Waals surface area contributed by atoms with Crippen molar-refractivity contribution in [1.29, 1.82) is 0 Å². The largest absolute Gasteiger partial charge is 0.497 e. The van der Waals surface area contributed by atoms with Crippen LogP contribution in [-0.2, 0) is 4.79 Å². The minimum absolute atomic E-state index is 0.211. The maximum absolute atomic E-state index is 12.6. The summed E-state index contributed by atoms with van der Waals surface area (Å²) < 4.78 is 5.11. The van der Waals surface area contributed by atoms with Crippen LogP contribution in [0.1, 0.15) is 16.8 Å². The van der Waals surface area contributed by atoms with Gasteiger partial charge in [-0.15, -0.1) is 0 Å². The fourth-order valence-corrected chi connectivity index (χ4v) is 2.70. The summed E-state index contributed by atoms with van der Waals surface area (Å²) in [5.74, 6) is -0.00604. The molecule has 1 aliphatic heterocycles. The Bertz CT molecular complexity index is 564. The highest BCUT2D eigenvalue weighted by Gasteiger charge is 2.38. The lowest BCUT2D eigenvalue weighted by Crippen LogP contribution is -2.45. The zero-order valence-electron chi connectivity index (χ0n) is 11.9. The highest BCUT2D eigenvalue weighted by Crippen LogP contribution is 2.25. The van der Waals surface area contributed by atoms with Crippen molar-refractivity contribution in [2.24, 2.45) is 5.73 Å². The second-order valence-corrected chi connectivity index (χ2v) is 5.40. The molecule has 2 rings (SSSR count). The predicted molar refractivity (Wildman–Crippen MR) is 79.5 cm³/mol. The van der Waals surface area contributed by atoms with Crippen LogP contribution in [-0.4, -0.2) is 49.5 Å². The molecule has 0 saturated carbocycles. The van der Waals surface area contributed by atoms with Crippen LogP contribution < -0.4 is 15.8 Å². The number of benzene rings is 1. The molecular formula is C14H18ClN3O3. The van der Waals surface area contributed by atoms with Gasteiger partial charge in [-0.25, -0.2) is 0 Å². The number of carbonyl (C=O) groups is 2. The van der Waals surface area contributed by atoms with Gasteiger partial charge >= 0.3 is 0 Å². The fraction of sp³-hybridized carbons (Fsp3) is 0.429. The van der Waals surface area contributed by atoms with Crippen LogP contribution in [0.2, 0.25) is 5.02 Å². The Kier molecular flexibility index (Phi) is 4.69. The molecule has 114 valence electrons. The molecule has 1 aromatic rings. The molecule has 0 radical (unpaired) electrons. The van der Waals surface area contributed by atoms with Crippen LogP contribution in [0, 0.1) is 0 Å². The van der Waals surface area contributed by atoms with Gasteiger partial charge in [-0.2, -0.15) is 0 Å². The zero-order valence-corrected chi connectivity index (χ0v) is 12.7. The number of methoxy groups -OCH3 is 1. The normalized spacial score (nSPS) is 21.2. The first-order chi connectivity index (χ1) is 9.96. The summed E-state index contributed by atoms with van der Waals surface area (Å²) in [7, 11) is 3.04. The van der Waals surface area contributed by atoms with Gasteiger partial charge in [-0.3, -0.25) is 9.59 Å². The Labute approximate surface area is 128 Å². The van der Waals surface area contributed by atoms with Gasteiger partial charge < -0.3 is 20.7 Å². The zero-order chi connectivity index (χ0) is 15.6. The maximum atomic E-state index is 12.6. The smallest absolute Gasteiger partial charge is 0.254 e. The van der Waals surface area contributed by atoms with E-state index in [0.717, 1.165) is 0 Å². The number of nitrogens with zero attached hydrogens (tertiary/aromatic N) is 1. The Morgan fingerprint density at radius 2 is 2.14 bits per heavy atom. The maximum Gasteiger partial charge on any atom is 0.254 e. The summed E-state index contributed by atoms with van der Waals surface area (Å²) in [5.41, 5.74) is 6.26. The highest BCUT2D eigenvalue weighted by molar-refractivity contribution is 6.31. The molecule has 3 N–H and O–H groups in total. The lowest BCUT2D eigenvalue weighted by molar-refractivity contribution is -0.124. The number of rotatable bonds is 3. The number of halogens is 1. The molecule has 2 amide bonds. The van der Waals surface area contributed by atoms with Crippen LogP contribution >= 0.6 is 11.6 Å². The van der Waals surface area contributed by atoms with Crippen LogP contribution in [0.3, 0.4) is 0 Å². The van der Waals surface area contributed by atoms with Gasteiger partial charge in [0.15, 0.2) is 0 Å². The van der Waals surface area contributed by atoms with E-state index < -0.39 is 6.04 Å². The minimum Gasteiger partial charge on any atom is -0.497 e. The Morgan fingerprint density at radius 1 is 1.43 bits per heavy atom. The molecule has 7 heteroatoms. The lowest BCUT2D eigenvalue weighted by atomic mass is 10.1.